The number of nitrogens with one attached hydrogen (secondary N) is 4. The molecule has 5 heterocycles. The number of rotatable bonds is 0. The number of fused-ring (bicyclic) bond motifs is 8. The Morgan fingerprint density at radius 1 is 0.419 bits per heavy atom. The van der Waals surface area contributed by atoms with Gasteiger partial charge < -0.3 is 21.3 Å². The fourth-order valence-corrected chi connectivity index (χ4v) is 3.17. The van der Waals surface area contributed by atoms with Crippen LogP contribution < -0.4 is 21.3 Å². The van der Waals surface area contributed by atoms with Crippen molar-refractivity contribution in [2.75, 3.05) is 21.3 Å². The Bertz CT molecular complexity index is 1210. The second kappa shape index (κ2) is 7.91. The van der Waals surface area contributed by atoms with E-state index < -0.39 is 0 Å². The van der Waals surface area contributed by atoms with Crippen LogP contribution in [0.4, 0.5) is 46.5 Å². The van der Waals surface area contributed by atoms with Crippen LogP contribution in [0.15, 0.2) is 31.4 Å². The summed E-state index contributed by atoms with van der Waals surface area (Å²) in [6.45, 7) is 0. The van der Waals surface area contributed by atoms with Gasteiger partial charge in [0.15, 0.2) is 34.9 Å². The molecule has 4 aromatic heterocycles. The number of halogens is 3. The van der Waals surface area contributed by atoms with Crippen LogP contribution in [0, 0.1) is 0 Å². The number of hydrogen-bond donors (Lipinski definition) is 4. The van der Waals surface area contributed by atoms with E-state index >= 15 is 0 Å². The van der Waals surface area contributed by atoms with Crippen molar-refractivity contribution in [3.8, 4) is 0 Å². The Morgan fingerprint density at radius 3 is 1.06 bits per heavy atom. The van der Waals surface area contributed by atoms with Crippen LogP contribution in [0.25, 0.3) is 0 Å². The summed E-state index contributed by atoms with van der Waals surface area (Å²) in [5.74, 6) is 2.50. The Kier molecular flexibility index (Phi) is 4.94. The zero-order valence-electron chi connectivity index (χ0n) is 15.1. The molecule has 1 aliphatic heterocycles. The first-order valence-electron chi connectivity index (χ1n) is 8.50. The van der Waals surface area contributed by atoms with E-state index in [2.05, 4.69) is 61.1 Å². The van der Waals surface area contributed by atoms with Gasteiger partial charge in [-0.25, -0.2) is 39.9 Å². The summed E-state index contributed by atoms with van der Waals surface area (Å²) in [5, 5.41) is 12.5. The Labute approximate surface area is 188 Å². The number of nitrogens with zero attached hydrogens (tertiary/aromatic N) is 8. The van der Waals surface area contributed by atoms with Crippen LogP contribution in [-0.2, 0) is 0 Å². The van der Waals surface area contributed by atoms with E-state index in [1.54, 1.807) is 6.07 Å². The average molecular weight is 476 g/mol. The van der Waals surface area contributed by atoms with Crippen molar-refractivity contribution in [2.24, 2.45) is 0 Å². The van der Waals surface area contributed by atoms with E-state index in [9.17, 15) is 0 Å². The van der Waals surface area contributed by atoms with Crippen molar-refractivity contribution in [2.45, 2.75) is 0 Å². The first-order chi connectivity index (χ1) is 15.1. The third-order valence-electron chi connectivity index (χ3n) is 4.00. The largest absolute Gasteiger partial charge is 0.323 e. The van der Waals surface area contributed by atoms with Gasteiger partial charge in [0.2, 0.25) is 0 Å². The van der Waals surface area contributed by atoms with Crippen LogP contribution in [-0.4, -0.2) is 39.9 Å². The molecule has 0 fully saturated rings. The highest BCUT2D eigenvalue weighted by Gasteiger charge is 2.18. The summed E-state index contributed by atoms with van der Waals surface area (Å²) in [4.78, 5) is 33.3. The van der Waals surface area contributed by atoms with Gasteiger partial charge in [0.05, 0.1) is 0 Å². The van der Waals surface area contributed by atoms with Crippen molar-refractivity contribution in [1.82, 2.24) is 39.9 Å². The second-order valence-electron chi connectivity index (χ2n) is 5.94. The lowest BCUT2D eigenvalue weighted by atomic mass is 10.4. The highest BCUT2D eigenvalue weighted by atomic mass is 35.5. The lowest BCUT2D eigenvalue weighted by molar-refractivity contribution is 1.10. The molecular formula is C16H9Cl3N12. The van der Waals surface area contributed by atoms with Gasteiger partial charge in [-0.15, -0.1) is 0 Å². The lowest BCUT2D eigenvalue weighted by Crippen LogP contribution is -2.07. The molecule has 0 saturated carbocycles. The van der Waals surface area contributed by atoms with Crippen LogP contribution in [0.2, 0.25) is 15.1 Å². The van der Waals surface area contributed by atoms with Gasteiger partial charge in [-0.2, -0.15) is 0 Å². The number of hydrogen-bond acceptors (Lipinski definition) is 12. The molecule has 31 heavy (non-hydrogen) atoms. The van der Waals surface area contributed by atoms with Crippen LogP contribution in [0.3, 0.4) is 0 Å². The van der Waals surface area contributed by atoms with E-state index in [1.165, 1.54) is 25.3 Å². The van der Waals surface area contributed by atoms with Gasteiger partial charge in [-0.3, -0.25) is 0 Å². The molecule has 8 bridgehead atoms. The Morgan fingerprint density at radius 2 is 0.710 bits per heavy atom. The molecule has 12 nitrogen and oxygen atoms in total. The van der Waals surface area contributed by atoms with Crippen molar-refractivity contribution in [3.63, 3.8) is 0 Å². The van der Waals surface area contributed by atoms with Gasteiger partial charge in [0, 0.05) is 6.07 Å². The normalized spacial score (nSPS) is 12.1. The average Bonchev–Trinajstić information content (AvgIpc) is 2.76. The van der Waals surface area contributed by atoms with Crippen molar-refractivity contribution < 1.29 is 0 Å². The third-order valence-corrected chi connectivity index (χ3v) is 5.08. The van der Waals surface area contributed by atoms with E-state index in [4.69, 9.17) is 34.8 Å². The minimum Gasteiger partial charge on any atom is -0.323 e. The van der Waals surface area contributed by atoms with Gasteiger partial charge in [0.1, 0.15) is 52.0 Å². The van der Waals surface area contributed by atoms with E-state index in [-0.39, 0.29) is 38.3 Å². The molecular weight excluding hydrogens is 467 g/mol. The van der Waals surface area contributed by atoms with Crippen molar-refractivity contribution >= 4 is 81.3 Å². The molecule has 0 amide bonds. The second-order valence-corrected chi connectivity index (χ2v) is 7.08. The SMILES string of the molecule is Clc1c2ncnc1Nc1ncnc(c1Cl)Nc1ncnc(c1Cl)Nc1cc(ncn1)N2. The van der Waals surface area contributed by atoms with Gasteiger partial charge in [-0.05, 0) is 0 Å². The highest BCUT2D eigenvalue weighted by molar-refractivity contribution is 6.37. The smallest absolute Gasteiger partial charge is 0.156 e. The number of anilines is 8. The first-order valence-corrected chi connectivity index (χ1v) is 9.63. The standard InChI is InChI=1S/C16H9Cl3N12/c17-8-11-22-3-24-13(8)30-15-10(19)16(27-5-26-15)31-14-9(18)12(23-4-25-14)29-7-1-6(28-11)20-2-21-7/h1-5H,(H4,20,21,22,23,24,25,26,27,28,29,30,31). The molecule has 1 aliphatic rings. The van der Waals surface area contributed by atoms with Gasteiger partial charge in [0.25, 0.3) is 0 Å². The minimum atomic E-state index is 0.163. The molecule has 0 spiro atoms. The van der Waals surface area contributed by atoms with Crippen LogP contribution in [0.1, 0.15) is 0 Å². The summed E-state index contributed by atoms with van der Waals surface area (Å²) in [7, 11) is 0. The molecule has 5 rings (SSSR count). The predicted molar refractivity (Wildman–Crippen MR) is 116 cm³/mol. The van der Waals surface area contributed by atoms with E-state index in [0.717, 1.165) is 0 Å². The number of aromatic nitrogens is 8. The molecule has 4 aromatic rings. The van der Waals surface area contributed by atoms with Crippen LogP contribution in [0.5, 0.6) is 0 Å². The maximum absolute atomic E-state index is 6.48. The molecule has 15 heteroatoms. The van der Waals surface area contributed by atoms with E-state index in [0.29, 0.717) is 23.3 Å². The molecule has 154 valence electrons. The summed E-state index contributed by atoms with van der Waals surface area (Å²) < 4.78 is 0. The van der Waals surface area contributed by atoms with Crippen molar-refractivity contribution in [1.29, 1.82) is 0 Å². The van der Waals surface area contributed by atoms with Gasteiger partial charge >= 0.3 is 0 Å². The Hall–Kier alpha value is -3.61. The van der Waals surface area contributed by atoms with E-state index in [1.807, 2.05) is 0 Å². The summed E-state index contributed by atoms with van der Waals surface area (Å²) >= 11 is 19.4. The zero-order valence-corrected chi connectivity index (χ0v) is 17.4. The Balaban J connectivity index is 1.69. The molecule has 0 aliphatic carbocycles. The first kappa shape index (κ1) is 19.4. The maximum atomic E-state index is 6.48. The summed E-state index contributed by atoms with van der Waals surface area (Å²) in [6, 6.07) is 1.63. The quantitative estimate of drug-likeness (QED) is 0.255. The molecule has 0 atom stereocenters. The molecule has 4 N–H and O–H groups in total. The fraction of sp³-hybridized carbons (Fsp3) is 0. The summed E-state index contributed by atoms with van der Waals surface area (Å²) in [5.41, 5.74) is 0. The fourth-order valence-electron chi connectivity index (χ4n) is 2.59. The molecule has 0 aromatic carbocycles. The van der Waals surface area contributed by atoms with Crippen LogP contribution >= 0.6 is 34.8 Å². The monoisotopic (exact) mass is 474 g/mol. The molecule has 0 unspecified atom stereocenters. The van der Waals surface area contributed by atoms with Gasteiger partial charge in [-0.1, -0.05) is 34.8 Å². The zero-order chi connectivity index (χ0) is 21.4. The predicted octanol–water partition coefficient (Wildman–Crippen LogP) is 4.09. The molecule has 0 saturated heterocycles. The summed E-state index contributed by atoms with van der Waals surface area (Å²) in [6.07, 6.45) is 5.31. The third kappa shape index (κ3) is 3.79. The maximum Gasteiger partial charge on any atom is 0.156 e. The lowest BCUT2D eigenvalue weighted by Gasteiger charge is -2.15. The highest BCUT2D eigenvalue weighted by Crippen LogP contribution is 2.36. The minimum absolute atomic E-state index is 0.163. The topological polar surface area (TPSA) is 151 Å². The molecule has 0 radical (unpaired) electrons. The van der Waals surface area contributed by atoms with Crippen molar-refractivity contribution in [3.05, 3.63) is 46.4 Å².